The van der Waals surface area contributed by atoms with Crippen molar-refractivity contribution in [3.8, 4) is 0 Å². The van der Waals surface area contributed by atoms with Gasteiger partial charge in [-0.05, 0) is 36.9 Å². The van der Waals surface area contributed by atoms with Crippen molar-refractivity contribution in [2.24, 2.45) is 0 Å². The second-order valence-electron chi connectivity index (χ2n) is 4.53. The quantitative estimate of drug-likeness (QED) is 0.792. The predicted octanol–water partition coefficient (Wildman–Crippen LogP) is 2.47. The summed E-state index contributed by atoms with van der Waals surface area (Å²) in [6.07, 6.45) is 9.61. The van der Waals surface area contributed by atoms with Gasteiger partial charge < -0.3 is 14.6 Å². The van der Waals surface area contributed by atoms with Crippen molar-refractivity contribution in [3.05, 3.63) is 23.5 Å². The third kappa shape index (κ3) is 2.47. The van der Waals surface area contributed by atoms with Crippen molar-refractivity contribution in [3.63, 3.8) is 0 Å². The van der Waals surface area contributed by atoms with E-state index in [0.717, 1.165) is 6.54 Å². The maximum Gasteiger partial charge on any atom is 0.121 e. The van der Waals surface area contributed by atoms with Crippen LogP contribution < -0.4 is 5.32 Å². The highest BCUT2D eigenvalue weighted by Gasteiger charge is 2.19. The number of nitrogens with zero attached hydrogens (tertiary/aromatic N) is 1. The zero-order valence-corrected chi connectivity index (χ0v) is 10.3. The molecule has 1 aromatic heterocycles. The molecule has 0 saturated heterocycles. The molecule has 0 radical (unpaired) electrons. The third-order valence-electron chi connectivity index (χ3n) is 3.29. The van der Waals surface area contributed by atoms with Gasteiger partial charge in [0.05, 0.1) is 0 Å². The van der Waals surface area contributed by atoms with E-state index >= 15 is 0 Å². The fourth-order valence-electron chi connectivity index (χ4n) is 2.60. The van der Waals surface area contributed by atoms with E-state index in [1.54, 1.807) is 7.11 Å². The molecule has 1 N–H and O–H groups in total. The molecule has 1 unspecified atom stereocenters. The van der Waals surface area contributed by atoms with Gasteiger partial charge in [0.15, 0.2) is 0 Å². The van der Waals surface area contributed by atoms with Crippen LogP contribution in [0.25, 0.3) is 0 Å². The fraction of sp³-hybridized carbons (Fsp3) is 0.692. The molecule has 3 nitrogen and oxygen atoms in total. The van der Waals surface area contributed by atoms with Gasteiger partial charge in [-0.1, -0.05) is 13.3 Å². The van der Waals surface area contributed by atoms with Crippen molar-refractivity contribution in [2.45, 2.75) is 45.4 Å². The molecular weight excluding hydrogens is 200 g/mol. The van der Waals surface area contributed by atoms with Crippen LogP contribution >= 0.6 is 0 Å². The first-order valence-corrected chi connectivity index (χ1v) is 6.26. The summed E-state index contributed by atoms with van der Waals surface area (Å²) in [6.45, 7) is 3.88. The van der Waals surface area contributed by atoms with Crippen LogP contribution in [-0.2, 0) is 17.9 Å². The highest BCUT2D eigenvalue weighted by Crippen LogP contribution is 2.29. The smallest absolute Gasteiger partial charge is 0.121 e. The van der Waals surface area contributed by atoms with Gasteiger partial charge >= 0.3 is 0 Å². The maximum atomic E-state index is 5.17. The Morgan fingerprint density at radius 3 is 3.06 bits per heavy atom. The Labute approximate surface area is 97.8 Å². The van der Waals surface area contributed by atoms with Crippen LogP contribution in [-0.4, -0.2) is 18.2 Å². The van der Waals surface area contributed by atoms with Gasteiger partial charge in [-0.15, -0.1) is 0 Å². The average molecular weight is 222 g/mol. The molecule has 1 heterocycles. The van der Waals surface area contributed by atoms with Crippen LogP contribution in [0.4, 0.5) is 0 Å². The predicted molar refractivity (Wildman–Crippen MR) is 65.4 cm³/mol. The number of hydrogen-bond acceptors (Lipinski definition) is 2. The number of hydrogen-bond donors (Lipinski definition) is 1. The van der Waals surface area contributed by atoms with Gasteiger partial charge in [-0.2, -0.15) is 0 Å². The van der Waals surface area contributed by atoms with Crippen LogP contribution in [0, 0.1) is 0 Å². The lowest BCUT2D eigenvalue weighted by Crippen LogP contribution is -2.20. The largest absolute Gasteiger partial charge is 0.364 e. The van der Waals surface area contributed by atoms with E-state index < -0.39 is 0 Å². The zero-order valence-electron chi connectivity index (χ0n) is 10.3. The van der Waals surface area contributed by atoms with Crippen molar-refractivity contribution in [1.29, 1.82) is 0 Å². The van der Waals surface area contributed by atoms with E-state index in [1.807, 2.05) is 0 Å². The number of methoxy groups -OCH3 is 1. The minimum atomic E-state index is 0.542. The molecule has 0 bridgehead atoms. The lowest BCUT2D eigenvalue weighted by molar-refractivity contribution is 0.131. The van der Waals surface area contributed by atoms with Crippen molar-refractivity contribution < 1.29 is 4.74 Å². The Balaban J connectivity index is 2.21. The Bertz CT molecular complexity index is 333. The van der Waals surface area contributed by atoms with Gasteiger partial charge in [-0.3, -0.25) is 0 Å². The molecule has 16 heavy (non-hydrogen) atoms. The van der Waals surface area contributed by atoms with E-state index in [-0.39, 0.29) is 0 Å². The first-order chi connectivity index (χ1) is 7.85. The van der Waals surface area contributed by atoms with E-state index in [0.29, 0.717) is 12.8 Å². The van der Waals surface area contributed by atoms with Crippen LogP contribution in [0.15, 0.2) is 12.4 Å². The number of rotatable bonds is 4. The first kappa shape index (κ1) is 11.7. The third-order valence-corrected chi connectivity index (χ3v) is 3.29. The molecule has 0 spiro atoms. The molecule has 1 aromatic rings. The van der Waals surface area contributed by atoms with Gasteiger partial charge in [0.2, 0.25) is 0 Å². The summed E-state index contributed by atoms with van der Waals surface area (Å²) < 4.78 is 7.33. The first-order valence-electron chi connectivity index (χ1n) is 6.26. The minimum absolute atomic E-state index is 0.542. The molecule has 0 saturated carbocycles. The highest BCUT2D eigenvalue weighted by molar-refractivity contribution is 5.29. The summed E-state index contributed by atoms with van der Waals surface area (Å²) in [5, 5.41) is 3.58. The molecule has 2 rings (SSSR count). The fourth-order valence-corrected chi connectivity index (χ4v) is 2.60. The summed E-state index contributed by atoms with van der Waals surface area (Å²) in [5.41, 5.74) is 2.98. The minimum Gasteiger partial charge on any atom is -0.364 e. The lowest BCUT2D eigenvalue weighted by atomic mass is 10.0. The normalized spacial score (nSPS) is 20.5. The average Bonchev–Trinajstić information content (AvgIpc) is 2.58. The Morgan fingerprint density at radius 1 is 1.44 bits per heavy atom. The molecule has 3 heteroatoms. The molecule has 0 fully saturated rings. The summed E-state index contributed by atoms with van der Waals surface area (Å²) in [7, 11) is 1.74. The van der Waals surface area contributed by atoms with Crippen molar-refractivity contribution >= 4 is 0 Å². The summed E-state index contributed by atoms with van der Waals surface area (Å²) in [5.74, 6) is 0. The van der Waals surface area contributed by atoms with E-state index in [1.165, 1.54) is 36.8 Å². The van der Waals surface area contributed by atoms with Crippen LogP contribution in [0.5, 0.6) is 0 Å². The SMILES string of the molecule is CCNC1CCCCc2cn(COC)cc21. The maximum absolute atomic E-state index is 5.17. The Hall–Kier alpha value is -0.800. The van der Waals surface area contributed by atoms with Crippen LogP contribution in [0.3, 0.4) is 0 Å². The molecule has 0 aliphatic heterocycles. The highest BCUT2D eigenvalue weighted by atomic mass is 16.5. The number of ether oxygens (including phenoxy) is 1. The van der Waals surface area contributed by atoms with Crippen LogP contribution in [0.2, 0.25) is 0 Å². The molecule has 0 aromatic carbocycles. The van der Waals surface area contributed by atoms with E-state index in [9.17, 15) is 0 Å². The number of aromatic nitrogens is 1. The number of nitrogens with one attached hydrogen (secondary N) is 1. The van der Waals surface area contributed by atoms with Crippen LogP contribution in [0.1, 0.15) is 43.4 Å². The second kappa shape index (κ2) is 5.51. The Morgan fingerprint density at radius 2 is 2.31 bits per heavy atom. The van der Waals surface area contributed by atoms with E-state index in [2.05, 4.69) is 29.2 Å². The monoisotopic (exact) mass is 222 g/mol. The molecule has 0 amide bonds. The zero-order chi connectivity index (χ0) is 11.4. The van der Waals surface area contributed by atoms with Gasteiger partial charge in [-0.25, -0.2) is 0 Å². The second-order valence-corrected chi connectivity index (χ2v) is 4.53. The summed E-state index contributed by atoms with van der Waals surface area (Å²) in [6, 6.07) is 0.542. The lowest BCUT2D eigenvalue weighted by Gasteiger charge is -2.15. The van der Waals surface area contributed by atoms with Gasteiger partial charge in [0.25, 0.3) is 0 Å². The Kier molecular flexibility index (Phi) is 4.02. The van der Waals surface area contributed by atoms with E-state index in [4.69, 9.17) is 4.74 Å². The number of aryl methyl sites for hydroxylation is 1. The molecule has 1 aliphatic rings. The summed E-state index contributed by atoms with van der Waals surface area (Å²) >= 11 is 0. The molecule has 1 atom stereocenters. The summed E-state index contributed by atoms with van der Waals surface area (Å²) in [4.78, 5) is 0. The molecule has 1 aliphatic carbocycles. The topological polar surface area (TPSA) is 26.2 Å². The van der Waals surface area contributed by atoms with Crippen molar-refractivity contribution in [2.75, 3.05) is 13.7 Å². The number of fused-ring (bicyclic) bond motifs is 1. The van der Waals surface area contributed by atoms with Crippen molar-refractivity contribution in [1.82, 2.24) is 9.88 Å². The van der Waals surface area contributed by atoms with Gasteiger partial charge in [0, 0.05) is 25.5 Å². The van der Waals surface area contributed by atoms with Gasteiger partial charge in [0.1, 0.15) is 6.73 Å². The molecular formula is C13H22N2O. The standard InChI is InChI=1S/C13H22N2O/c1-3-14-13-7-5-4-6-11-8-15(10-16-2)9-12(11)13/h8-9,13-14H,3-7,10H2,1-2H3. The molecule has 90 valence electrons.